The van der Waals surface area contributed by atoms with Crippen molar-refractivity contribution in [2.24, 2.45) is 0 Å². The van der Waals surface area contributed by atoms with Crippen LogP contribution in [0.15, 0.2) is 79.3 Å². The van der Waals surface area contributed by atoms with Gasteiger partial charge in [-0.15, -0.1) is 0 Å². The molecule has 0 N–H and O–H groups in total. The number of hydrogen-bond acceptors (Lipinski definition) is 7. The molecule has 6 rings (SSSR count). The first kappa shape index (κ1) is 27.1. The Morgan fingerprint density at radius 2 is 1.52 bits per heavy atom. The number of ether oxygens (including phenoxy) is 3. The van der Waals surface area contributed by atoms with E-state index in [1.165, 1.54) is 5.56 Å². The molecule has 1 amide bonds. The number of nitrogens with zero attached hydrogens (tertiary/aromatic N) is 5. The first-order valence-electron chi connectivity index (χ1n) is 13.8. The monoisotopic (exact) mass is 563 g/mol. The van der Waals surface area contributed by atoms with Gasteiger partial charge in [0.25, 0.3) is 5.91 Å². The van der Waals surface area contributed by atoms with Crippen LogP contribution in [0.25, 0.3) is 27.8 Å². The molecule has 1 aliphatic heterocycles. The van der Waals surface area contributed by atoms with Crippen LogP contribution in [0.5, 0.6) is 17.2 Å². The summed E-state index contributed by atoms with van der Waals surface area (Å²) in [6.07, 6.45) is 3.78. The fraction of sp³-hybridized carbons (Fsp3) is 0.242. The smallest absolute Gasteiger partial charge is 0.254 e. The standard InChI is InChI=1S/C33H33N5O4/c1-22-9-8-12-25(17-22)38-20-26(23-10-6-5-7-11-23)29-31(34-21-35-32(29)38)36-13-15-37(16-14-36)33(39)24-18-27(40-2)30(42-4)28(19-24)41-3/h5-12,17-21H,13-16H2,1-4H3. The second-order valence-corrected chi connectivity index (χ2v) is 10.2. The van der Waals surface area contributed by atoms with Gasteiger partial charge in [-0.05, 0) is 42.3 Å². The fourth-order valence-electron chi connectivity index (χ4n) is 5.61. The molecule has 214 valence electrons. The second kappa shape index (κ2) is 11.4. The number of anilines is 1. The molecule has 0 atom stereocenters. The molecule has 9 heteroatoms. The number of carbonyl (C=O) groups excluding carboxylic acids is 1. The van der Waals surface area contributed by atoms with Gasteiger partial charge in [-0.25, -0.2) is 9.97 Å². The van der Waals surface area contributed by atoms with Gasteiger partial charge in [0.05, 0.1) is 26.7 Å². The quantitative estimate of drug-likeness (QED) is 0.263. The highest BCUT2D eigenvalue weighted by atomic mass is 16.5. The van der Waals surface area contributed by atoms with Gasteiger partial charge in [0.15, 0.2) is 17.1 Å². The molecular weight excluding hydrogens is 530 g/mol. The fourth-order valence-corrected chi connectivity index (χ4v) is 5.61. The number of methoxy groups -OCH3 is 3. The Hall–Kier alpha value is -5.05. The van der Waals surface area contributed by atoms with Crippen LogP contribution in [0.1, 0.15) is 15.9 Å². The summed E-state index contributed by atoms with van der Waals surface area (Å²) < 4.78 is 18.5. The third-order valence-corrected chi connectivity index (χ3v) is 7.71. The van der Waals surface area contributed by atoms with E-state index in [9.17, 15) is 4.79 Å². The predicted molar refractivity (Wildman–Crippen MR) is 163 cm³/mol. The van der Waals surface area contributed by atoms with E-state index in [1.54, 1.807) is 39.8 Å². The predicted octanol–water partition coefficient (Wildman–Crippen LogP) is 5.38. The maximum atomic E-state index is 13.5. The van der Waals surface area contributed by atoms with E-state index in [4.69, 9.17) is 24.2 Å². The summed E-state index contributed by atoms with van der Waals surface area (Å²) in [5.74, 6) is 2.14. The van der Waals surface area contributed by atoms with Crippen molar-refractivity contribution in [3.63, 3.8) is 0 Å². The van der Waals surface area contributed by atoms with E-state index in [2.05, 4.69) is 59.0 Å². The second-order valence-electron chi connectivity index (χ2n) is 10.2. The van der Waals surface area contributed by atoms with Crippen molar-refractivity contribution in [3.8, 4) is 34.1 Å². The van der Waals surface area contributed by atoms with Gasteiger partial charge in [-0.1, -0.05) is 42.5 Å². The van der Waals surface area contributed by atoms with Gasteiger partial charge in [0.1, 0.15) is 12.1 Å². The van der Waals surface area contributed by atoms with Crippen molar-refractivity contribution in [1.29, 1.82) is 0 Å². The number of carbonyl (C=O) groups is 1. The normalized spacial score (nSPS) is 13.3. The van der Waals surface area contributed by atoms with Gasteiger partial charge in [-0.2, -0.15) is 0 Å². The molecule has 0 aliphatic carbocycles. The van der Waals surface area contributed by atoms with Gasteiger partial charge in [0.2, 0.25) is 5.75 Å². The molecule has 0 saturated carbocycles. The lowest BCUT2D eigenvalue weighted by Crippen LogP contribution is -2.49. The van der Waals surface area contributed by atoms with Gasteiger partial charge in [-0.3, -0.25) is 4.79 Å². The Balaban J connectivity index is 1.33. The minimum Gasteiger partial charge on any atom is -0.493 e. The van der Waals surface area contributed by atoms with Gasteiger partial charge >= 0.3 is 0 Å². The summed E-state index contributed by atoms with van der Waals surface area (Å²) in [6, 6.07) is 22.1. The van der Waals surface area contributed by atoms with Crippen LogP contribution in [0, 0.1) is 6.92 Å². The van der Waals surface area contributed by atoms with Crippen molar-refractivity contribution >= 4 is 22.8 Å². The zero-order valence-corrected chi connectivity index (χ0v) is 24.2. The van der Waals surface area contributed by atoms with Crippen LogP contribution in [0.2, 0.25) is 0 Å². The number of aromatic nitrogens is 3. The van der Waals surface area contributed by atoms with Crippen LogP contribution in [0.3, 0.4) is 0 Å². The lowest BCUT2D eigenvalue weighted by Gasteiger charge is -2.36. The maximum absolute atomic E-state index is 13.5. The van der Waals surface area contributed by atoms with Crippen molar-refractivity contribution in [3.05, 3.63) is 90.4 Å². The van der Waals surface area contributed by atoms with E-state index >= 15 is 0 Å². The van der Waals surface area contributed by atoms with Crippen LogP contribution < -0.4 is 19.1 Å². The third-order valence-electron chi connectivity index (χ3n) is 7.71. The van der Waals surface area contributed by atoms with Crippen molar-refractivity contribution < 1.29 is 19.0 Å². The first-order chi connectivity index (χ1) is 20.5. The number of rotatable bonds is 7. The van der Waals surface area contributed by atoms with Crippen molar-refractivity contribution in [2.45, 2.75) is 6.92 Å². The summed E-state index contributed by atoms with van der Waals surface area (Å²) in [5, 5.41) is 0.995. The molecule has 5 aromatic rings. The molecular formula is C33H33N5O4. The summed E-state index contributed by atoms with van der Waals surface area (Å²) in [6.45, 7) is 4.44. The molecule has 0 spiro atoms. The van der Waals surface area contributed by atoms with Crippen molar-refractivity contribution in [2.75, 3.05) is 52.4 Å². The SMILES string of the molecule is COc1cc(C(=O)N2CCN(c3ncnc4c3c(-c3ccccc3)cn4-c3cccc(C)c3)CC2)cc(OC)c1OC. The van der Waals surface area contributed by atoms with Crippen LogP contribution in [-0.4, -0.2) is 72.9 Å². The molecule has 42 heavy (non-hydrogen) atoms. The highest BCUT2D eigenvalue weighted by molar-refractivity contribution is 6.02. The van der Waals surface area contributed by atoms with Gasteiger partial charge < -0.3 is 28.6 Å². The molecule has 1 saturated heterocycles. The summed E-state index contributed by atoms with van der Waals surface area (Å²) in [5.41, 5.74) is 5.73. The van der Waals surface area contributed by atoms with E-state index in [0.29, 0.717) is 49.0 Å². The average Bonchev–Trinajstić information content (AvgIpc) is 3.44. The Morgan fingerprint density at radius 1 is 0.810 bits per heavy atom. The summed E-state index contributed by atoms with van der Waals surface area (Å²) in [4.78, 5) is 27.2. The van der Waals surface area contributed by atoms with Crippen LogP contribution in [0.4, 0.5) is 5.82 Å². The van der Waals surface area contributed by atoms with Crippen molar-refractivity contribution in [1.82, 2.24) is 19.4 Å². The van der Waals surface area contributed by atoms with Crippen LogP contribution in [-0.2, 0) is 0 Å². The zero-order chi connectivity index (χ0) is 29.2. The molecule has 1 aliphatic rings. The molecule has 2 aromatic heterocycles. The Morgan fingerprint density at radius 3 is 2.17 bits per heavy atom. The maximum Gasteiger partial charge on any atom is 0.254 e. The molecule has 1 fully saturated rings. The van der Waals surface area contributed by atoms with E-state index in [-0.39, 0.29) is 5.91 Å². The highest BCUT2D eigenvalue weighted by Gasteiger charge is 2.28. The molecule has 3 heterocycles. The summed E-state index contributed by atoms with van der Waals surface area (Å²) in [7, 11) is 4.63. The topological polar surface area (TPSA) is 82.0 Å². The molecule has 9 nitrogen and oxygen atoms in total. The highest BCUT2D eigenvalue weighted by Crippen LogP contribution is 2.39. The largest absolute Gasteiger partial charge is 0.493 e. The number of hydrogen-bond donors (Lipinski definition) is 0. The number of fused-ring (bicyclic) bond motifs is 1. The Bertz CT molecular complexity index is 1720. The molecule has 0 radical (unpaired) electrons. The minimum absolute atomic E-state index is 0.0858. The van der Waals surface area contributed by atoms with Crippen LogP contribution >= 0.6 is 0 Å². The lowest BCUT2D eigenvalue weighted by molar-refractivity contribution is 0.0745. The Labute approximate surface area is 244 Å². The zero-order valence-electron chi connectivity index (χ0n) is 24.2. The number of benzene rings is 3. The lowest BCUT2D eigenvalue weighted by atomic mass is 10.1. The molecule has 0 unspecified atom stereocenters. The van der Waals surface area contributed by atoms with E-state index in [0.717, 1.165) is 33.7 Å². The van der Waals surface area contributed by atoms with E-state index in [1.807, 2.05) is 23.1 Å². The first-order valence-corrected chi connectivity index (χ1v) is 13.8. The molecule has 3 aromatic carbocycles. The summed E-state index contributed by atoms with van der Waals surface area (Å²) >= 11 is 0. The number of amides is 1. The number of aryl methyl sites for hydroxylation is 1. The molecule has 0 bridgehead atoms. The van der Waals surface area contributed by atoms with E-state index < -0.39 is 0 Å². The number of piperazine rings is 1. The average molecular weight is 564 g/mol. The Kier molecular flexibility index (Phi) is 7.39. The minimum atomic E-state index is -0.0858. The third kappa shape index (κ3) is 4.87. The van der Waals surface area contributed by atoms with Gasteiger partial charge in [0, 0.05) is 49.2 Å².